The van der Waals surface area contributed by atoms with Gasteiger partial charge < -0.3 is 0 Å². The van der Waals surface area contributed by atoms with Crippen LogP contribution in [0.15, 0.2) is 40.8 Å². The maximum atomic E-state index is 13.0. The van der Waals surface area contributed by atoms with Crippen LogP contribution in [0.1, 0.15) is 18.1 Å². The third-order valence-corrected chi connectivity index (χ3v) is 3.41. The van der Waals surface area contributed by atoms with Crippen molar-refractivity contribution in [1.82, 2.24) is 0 Å². The quantitative estimate of drug-likeness (QED) is 0.704. The van der Waals surface area contributed by atoms with E-state index < -0.39 is 12.1 Å². The van der Waals surface area contributed by atoms with Crippen LogP contribution in [0, 0.1) is 5.92 Å². The van der Waals surface area contributed by atoms with E-state index in [0.29, 0.717) is 11.1 Å². The lowest BCUT2D eigenvalue weighted by atomic mass is 9.80. The van der Waals surface area contributed by atoms with Crippen LogP contribution in [0.25, 0.3) is 6.08 Å². The Kier molecular flexibility index (Phi) is 3.32. The minimum atomic E-state index is -4.23. The molecule has 18 heavy (non-hydrogen) atoms. The molecule has 2 rings (SSSR count). The predicted octanol–water partition coefficient (Wildman–Crippen LogP) is 4.67. The number of allylic oxidation sites excluding steroid dienone is 2. The first-order valence-corrected chi connectivity index (χ1v) is 6.00. The summed E-state index contributed by atoms with van der Waals surface area (Å²) in [6, 6.07) is 5.21. The number of hydrogen-bond donors (Lipinski definition) is 1. The van der Waals surface area contributed by atoms with Crippen LogP contribution < -0.4 is 0 Å². The summed E-state index contributed by atoms with van der Waals surface area (Å²) in [5.74, 6) is -1.45. The Morgan fingerprint density at radius 1 is 1.39 bits per heavy atom. The Morgan fingerprint density at radius 2 is 2.06 bits per heavy atom. The van der Waals surface area contributed by atoms with Gasteiger partial charge in [0.25, 0.3) is 0 Å². The first-order chi connectivity index (χ1) is 8.29. The number of halogens is 3. The van der Waals surface area contributed by atoms with E-state index in [1.54, 1.807) is 31.2 Å². The minimum Gasteiger partial charge on any atom is -0.170 e. The Labute approximate surface area is 110 Å². The van der Waals surface area contributed by atoms with Gasteiger partial charge >= 0.3 is 6.18 Å². The van der Waals surface area contributed by atoms with Crippen molar-refractivity contribution in [3.63, 3.8) is 0 Å². The van der Waals surface area contributed by atoms with E-state index in [0.717, 1.165) is 10.5 Å². The van der Waals surface area contributed by atoms with Crippen molar-refractivity contribution in [2.45, 2.75) is 24.4 Å². The van der Waals surface area contributed by atoms with E-state index >= 15 is 0 Å². The highest BCUT2D eigenvalue weighted by molar-refractivity contribution is 7.80. The number of alkyl halides is 3. The second kappa shape index (κ2) is 4.50. The van der Waals surface area contributed by atoms with Gasteiger partial charge in [-0.1, -0.05) is 24.3 Å². The average Bonchev–Trinajstić information content (AvgIpc) is 2.25. The zero-order valence-corrected chi connectivity index (χ0v) is 10.8. The van der Waals surface area contributed by atoms with Crippen molar-refractivity contribution in [3.8, 4) is 0 Å². The van der Waals surface area contributed by atoms with Crippen LogP contribution in [0.4, 0.5) is 13.2 Å². The number of hydrogen-bond acceptors (Lipinski definition) is 1. The molecule has 0 fully saturated rings. The molecule has 1 unspecified atom stereocenters. The third kappa shape index (κ3) is 2.48. The summed E-state index contributed by atoms with van der Waals surface area (Å²) >= 11 is 4.21. The molecule has 0 radical (unpaired) electrons. The average molecular weight is 270 g/mol. The Hall–Kier alpha value is -1.16. The largest absolute Gasteiger partial charge is 0.396 e. The van der Waals surface area contributed by atoms with Gasteiger partial charge in [0, 0.05) is 4.90 Å². The van der Waals surface area contributed by atoms with Crippen molar-refractivity contribution >= 4 is 18.7 Å². The fraction of sp³-hybridized carbons (Fsp3) is 0.286. The first-order valence-electron chi connectivity index (χ1n) is 5.55. The summed E-state index contributed by atoms with van der Waals surface area (Å²) in [6.07, 6.45) is -2.67. The third-order valence-electron chi connectivity index (χ3n) is 3.13. The number of rotatable bonds is 1. The fourth-order valence-electron chi connectivity index (χ4n) is 2.21. The van der Waals surface area contributed by atoms with E-state index in [2.05, 4.69) is 19.2 Å². The van der Waals surface area contributed by atoms with Gasteiger partial charge in [-0.3, -0.25) is 0 Å². The van der Waals surface area contributed by atoms with Crippen LogP contribution in [-0.2, 0) is 6.42 Å². The highest BCUT2D eigenvalue weighted by Crippen LogP contribution is 2.42. The van der Waals surface area contributed by atoms with Gasteiger partial charge in [0.05, 0.1) is 5.92 Å². The highest BCUT2D eigenvalue weighted by atomic mass is 32.1. The van der Waals surface area contributed by atoms with Gasteiger partial charge in [-0.25, -0.2) is 0 Å². The molecule has 0 saturated carbocycles. The molecule has 0 amide bonds. The highest BCUT2D eigenvalue weighted by Gasteiger charge is 2.43. The van der Waals surface area contributed by atoms with Crippen LogP contribution in [0.3, 0.4) is 0 Å². The second-order valence-electron chi connectivity index (χ2n) is 4.56. The first kappa shape index (κ1) is 13.3. The summed E-state index contributed by atoms with van der Waals surface area (Å²) in [7, 11) is 0. The number of fused-ring (bicyclic) bond motifs is 1. The molecule has 0 N–H and O–H groups in total. The molecule has 0 spiro atoms. The Bertz CT molecular complexity index is 526. The van der Waals surface area contributed by atoms with E-state index in [1.807, 2.05) is 0 Å². The fourth-order valence-corrected chi connectivity index (χ4v) is 2.43. The van der Waals surface area contributed by atoms with Crippen molar-refractivity contribution in [2.75, 3.05) is 0 Å². The van der Waals surface area contributed by atoms with Crippen molar-refractivity contribution < 1.29 is 13.2 Å². The van der Waals surface area contributed by atoms with Crippen molar-refractivity contribution in [1.29, 1.82) is 0 Å². The lowest BCUT2D eigenvalue weighted by molar-refractivity contribution is -0.163. The summed E-state index contributed by atoms with van der Waals surface area (Å²) in [5, 5.41) is 0. The van der Waals surface area contributed by atoms with E-state index in [1.165, 1.54) is 0 Å². The number of thiol groups is 1. The molecule has 0 bridgehead atoms. The predicted molar refractivity (Wildman–Crippen MR) is 69.7 cm³/mol. The Morgan fingerprint density at radius 3 is 2.61 bits per heavy atom. The van der Waals surface area contributed by atoms with E-state index in [4.69, 9.17) is 0 Å². The molecule has 1 aliphatic carbocycles. The van der Waals surface area contributed by atoms with E-state index in [9.17, 15) is 13.2 Å². The lowest BCUT2D eigenvalue weighted by Gasteiger charge is -2.28. The maximum Gasteiger partial charge on any atom is 0.396 e. The smallest absolute Gasteiger partial charge is 0.170 e. The second-order valence-corrected chi connectivity index (χ2v) is 5.08. The van der Waals surface area contributed by atoms with Gasteiger partial charge in [0.15, 0.2) is 0 Å². The van der Waals surface area contributed by atoms with Gasteiger partial charge in [-0.05, 0) is 42.2 Å². The molecular formula is C14H13F3S. The molecule has 0 aliphatic heterocycles. The molecule has 4 heteroatoms. The van der Waals surface area contributed by atoms with Crippen molar-refractivity contribution in [2.24, 2.45) is 5.92 Å². The molecule has 0 nitrogen and oxygen atoms in total. The molecule has 0 saturated heterocycles. The molecule has 96 valence electrons. The van der Waals surface area contributed by atoms with Gasteiger partial charge in [-0.2, -0.15) is 13.2 Å². The maximum absolute atomic E-state index is 13.0. The summed E-state index contributed by atoms with van der Waals surface area (Å²) in [4.78, 5) is 0.747. The van der Waals surface area contributed by atoms with Crippen LogP contribution in [0.5, 0.6) is 0 Å². The Balaban J connectivity index is 2.53. The topological polar surface area (TPSA) is 0 Å². The van der Waals surface area contributed by atoms with E-state index in [-0.39, 0.29) is 12.0 Å². The SMILES string of the molecule is C=C(C)C1=Cc2cc(S)ccc2CC1C(F)(F)F. The monoisotopic (exact) mass is 270 g/mol. The van der Waals surface area contributed by atoms with Crippen LogP contribution in [-0.4, -0.2) is 6.18 Å². The lowest BCUT2D eigenvalue weighted by Crippen LogP contribution is -2.29. The normalized spacial score (nSPS) is 19.2. The van der Waals surface area contributed by atoms with Gasteiger partial charge in [0.2, 0.25) is 0 Å². The number of benzene rings is 1. The van der Waals surface area contributed by atoms with Gasteiger partial charge in [0.1, 0.15) is 0 Å². The summed E-state index contributed by atoms with van der Waals surface area (Å²) < 4.78 is 39.1. The molecule has 1 aliphatic rings. The van der Waals surface area contributed by atoms with Crippen LogP contribution in [0.2, 0.25) is 0 Å². The summed E-state index contributed by atoms with van der Waals surface area (Å²) in [5.41, 5.74) is 2.25. The molecule has 1 atom stereocenters. The molecule has 1 aromatic rings. The molecule has 1 aromatic carbocycles. The summed E-state index contributed by atoms with van der Waals surface area (Å²) in [6.45, 7) is 5.26. The standard InChI is InChI=1S/C14H13F3S/c1-8(2)12-6-10-5-11(18)4-3-9(10)7-13(12)14(15,16)17/h3-6,13,18H,1,7H2,2H3. The molecule has 0 aromatic heterocycles. The van der Waals surface area contributed by atoms with Crippen molar-refractivity contribution in [3.05, 3.63) is 47.1 Å². The van der Waals surface area contributed by atoms with Gasteiger partial charge in [-0.15, -0.1) is 12.6 Å². The molecular weight excluding hydrogens is 257 g/mol. The zero-order valence-electron chi connectivity index (χ0n) is 9.88. The molecule has 0 heterocycles. The van der Waals surface area contributed by atoms with Crippen LogP contribution >= 0.6 is 12.6 Å². The zero-order chi connectivity index (χ0) is 13.5. The minimum absolute atomic E-state index is 0.0222.